The molecule has 0 unspecified atom stereocenters. The highest BCUT2D eigenvalue weighted by Crippen LogP contribution is 2.19. The van der Waals surface area contributed by atoms with Crippen molar-refractivity contribution >= 4 is 28.7 Å². The fraction of sp³-hybridized carbons (Fsp3) is 0. The lowest BCUT2D eigenvalue weighted by atomic mass is 10.3. The number of halogens is 2. The average molecular weight is 284 g/mol. The van der Waals surface area contributed by atoms with E-state index in [0.29, 0.717) is 10.7 Å². The summed E-state index contributed by atoms with van der Waals surface area (Å²) in [6.07, 6.45) is 0. The molecule has 0 aliphatic heterocycles. The molecule has 0 radical (unpaired) electrons. The summed E-state index contributed by atoms with van der Waals surface area (Å²) in [6, 6.07) is 10.3. The van der Waals surface area contributed by atoms with Crippen LogP contribution in [-0.2, 0) is 0 Å². The maximum absolute atomic E-state index is 12.5. The van der Waals surface area contributed by atoms with E-state index in [2.05, 4.69) is 0 Å². The Hall–Kier alpha value is -2.34. The van der Waals surface area contributed by atoms with Crippen molar-refractivity contribution in [3.05, 3.63) is 63.4 Å². The second-order valence-electron chi connectivity index (χ2n) is 3.52. The molecule has 7 heteroatoms. The molecule has 0 saturated carbocycles. The third kappa shape index (κ3) is 4.81. The fourth-order valence-corrected chi connectivity index (χ4v) is 1.37. The van der Waals surface area contributed by atoms with Crippen LogP contribution in [-0.4, -0.2) is 4.92 Å². The minimum atomic E-state index is -0.871. The maximum Gasteiger partial charge on any atom is 0.306 e. The largest absolute Gasteiger partial charge is 0.399 e. The Kier molecular flexibility index (Phi) is 5.08. The molecule has 0 spiro atoms. The van der Waals surface area contributed by atoms with Crippen LogP contribution in [0.1, 0.15) is 0 Å². The van der Waals surface area contributed by atoms with Gasteiger partial charge in [-0.05, 0) is 30.3 Å². The predicted molar refractivity (Wildman–Crippen MR) is 73.3 cm³/mol. The van der Waals surface area contributed by atoms with Crippen LogP contribution >= 0.6 is 11.6 Å². The molecule has 0 amide bonds. The summed E-state index contributed by atoms with van der Waals surface area (Å²) in [6.45, 7) is 0. The molecule has 0 saturated heterocycles. The van der Waals surface area contributed by atoms with Gasteiger partial charge in [0.1, 0.15) is 0 Å². The molecule has 0 aliphatic carbocycles. The molecule has 0 heterocycles. The van der Waals surface area contributed by atoms with Gasteiger partial charge in [0.25, 0.3) is 0 Å². The van der Waals surface area contributed by atoms with Gasteiger partial charge < -0.3 is 11.5 Å². The summed E-state index contributed by atoms with van der Waals surface area (Å²) in [5.74, 6) is -0.871. The van der Waals surface area contributed by atoms with Gasteiger partial charge in [0, 0.05) is 22.5 Å². The molecule has 0 aliphatic rings. The minimum absolute atomic E-state index is 0.179. The number of nitrogens with zero attached hydrogens (tertiary/aromatic N) is 1. The van der Waals surface area contributed by atoms with E-state index in [9.17, 15) is 14.5 Å². The van der Waals surface area contributed by atoms with Crippen LogP contribution in [0.25, 0.3) is 0 Å². The first-order valence-corrected chi connectivity index (χ1v) is 5.48. The molecule has 0 fully saturated rings. The van der Waals surface area contributed by atoms with E-state index >= 15 is 0 Å². The third-order valence-corrected chi connectivity index (χ3v) is 2.25. The van der Waals surface area contributed by atoms with Gasteiger partial charge >= 0.3 is 5.69 Å². The smallest absolute Gasteiger partial charge is 0.306 e. The number of hydrogen-bond acceptors (Lipinski definition) is 4. The van der Waals surface area contributed by atoms with Crippen molar-refractivity contribution < 1.29 is 9.31 Å². The number of rotatable bonds is 1. The van der Waals surface area contributed by atoms with Crippen LogP contribution in [0.2, 0.25) is 5.02 Å². The first-order valence-electron chi connectivity index (χ1n) is 5.10. The van der Waals surface area contributed by atoms with E-state index in [1.165, 1.54) is 6.07 Å². The number of nitrogen functional groups attached to an aromatic ring is 2. The van der Waals surface area contributed by atoms with Crippen molar-refractivity contribution in [3.63, 3.8) is 0 Å². The van der Waals surface area contributed by atoms with Crippen molar-refractivity contribution in [2.24, 2.45) is 0 Å². The Balaban J connectivity index is 0.000000200. The Bertz CT molecular complexity index is 576. The van der Waals surface area contributed by atoms with E-state index < -0.39 is 16.4 Å². The van der Waals surface area contributed by atoms with Crippen LogP contribution in [0.5, 0.6) is 0 Å². The summed E-state index contributed by atoms with van der Waals surface area (Å²) < 4.78 is 12.5. The van der Waals surface area contributed by atoms with Gasteiger partial charge in [-0.2, -0.15) is 4.39 Å². The van der Waals surface area contributed by atoms with Crippen molar-refractivity contribution in [2.45, 2.75) is 0 Å². The van der Waals surface area contributed by atoms with Crippen molar-refractivity contribution in [2.75, 3.05) is 11.5 Å². The average Bonchev–Trinajstić information content (AvgIpc) is 2.32. The zero-order valence-electron chi connectivity index (χ0n) is 9.72. The van der Waals surface area contributed by atoms with Crippen LogP contribution in [0.4, 0.5) is 21.5 Å². The number of nitro groups is 1. The number of nitrogens with two attached hydrogens (primary N) is 2. The zero-order valence-corrected chi connectivity index (χ0v) is 10.5. The lowest BCUT2D eigenvalue weighted by Crippen LogP contribution is -1.94. The molecule has 2 aromatic carbocycles. The van der Waals surface area contributed by atoms with Gasteiger partial charge in [-0.3, -0.25) is 10.1 Å². The Morgan fingerprint density at radius 2 is 1.74 bits per heavy atom. The Labute approximate surface area is 113 Å². The lowest BCUT2D eigenvalue weighted by Gasteiger charge is -1.93. The highest BCUT2D eigenvalue weighted by Gasteiger charge is 2.12. The lowest BCUT2D eigenvalue weighted by molar-refractivity contribution is -0.387. The molecular weight excluding hydrogens is 273 g/mol. The summed E-state index contributed by atoms with van der Waals surface area (Å²) in [7, 11) is 0. The van der Waals surface area contributed by atoms with Gasteiger partial charge in [0.2, 0.25) is 5.82 Å². The minimum Gasteiger partial charge on any atom is -0.399 e. The fourth-order valence-electron chi connectivity index (χ4n) is 1.18. The number of hydrogen-bond donors (Lipinski definition) is 2. The van der Waals surface area contributed by atoms with Crippen LogP contribution in [0, 0.1) is 15.9 Å². The molecule has 2 aromatic rings. The van der Waals surface area contributed by atoms with Crippen molar-refractivity contribution in [1.29, 1.82) is 0 Å². The van der Waals surface area contributed by atoms with Gasteiger partial charge in [-0.1, -0.05) is 17.7 Å². The van der Waals surface area contributed by atoms with E-state index in [1.54, 1.807) is 18.2 Å². The first-order chi connectivity index (χ1) is 8.90. The Morgan fingerprint density at radius 1 is 1.11 bits per heavy atom. The van der Waals surface area contributed by atoms with E-state index in [4.69, 9.17) is 23.1 Å². The molecule has 19 heavy (non-hydrogen) atoms. The maximum atomic E-state index is 12.5. The van der Waals surface area contributed by atoms with Crippen molar-refractivity contribution in [1.82, 2.24) is 0 Å². The molecule has 100 valence electrons. The summed E-state index contributed by atoms with van der Waals surface area (Å²) >= 11 is 5.56. The summed E-state index contributed by atoms with van der Waals surface area (Å²) in [5, 5.41) is 10.8. The predicted octanol–water partition coefficient (Wildman–Crippen LogP) is 3.24. The molecule has 0 bridgehead atoms. The number of anilines is 2. The van der Waals surface area contributed by atoms with E-state index in [1.807, 2.05) is 6.07 Å². The Morgan fingerprint density at radius 3 is 2.16 bits per heavy atom. The second kappa shape index (κ2) is 6.55. The van der Waals surface area contributed by atoms with Crippen molar-refractivity contribution in [3.8, 4) is 0 Å². The van der Waals surface area contributed by atoms with Gasteiger partial charge in [-0.25, -0.2) is 0 Å². The highest BCUT2D eigenvalue weighted by atomic mass is 35.5. The summed E-state index contributed by atoms with van der Waals surface area (Å²) in [4.78, 5) is 9.27. The molecular formula is C12H11ClFN3O2. The van der Waals surface area contributed by atoms with E-state index in [-0.39, 0.29) is 5.69 Å². The third-order valence-electron chi connectivity index (χ3n) is 2.02. The normalized spacial score (nSPS) is 9.37. The zero-order chi connectivity index (χ0) is 14.4. The van der Waals surface area contributed by atoms with Crippen LogP contribution in [0.15, 0.2) is 42.5 Å². The van der Waals surface area contributed by atoms with Crippen LogP contribution < -0.4 is 11.5 Å². The molecule has 2 rings (SSSR count). The van der Waals surface area contributed by atoms with Crippen LogP contribution in [0.3, 0.4) is 0 Å². The summed E-state index contributed by atoms with van der Waals surface area (Å²) in [5.41, 5.74) is 10.9. The number of benzene rings is 2. The molecule has 0 atom stereocenters. The number of nitro benzene ring substituents is 1. The first kappa shape index (κ1) is 14.7. The van der Waals surface area contributed by atoms with Gasteiger partial charge in [0.15, 0.2) is 0 Å². The monoisotopic (exact) mass is 283 g/mol. The molecule has 4 N–H and O–H groups in total. The standard InChI is InChI=1S/C6H6ClN.C6H5FN2O2/c7-5-2-1-3-6(8)4-5;7-5-2-1-4(8)3-6(5)9(10)11/h1-4H,8H2;1-3H,8H2. The quantitative estimate of drug-likeness (QED) is 0.477. The molecule has 0 aromatic heterocycles. The second-order valence-corrected chi connectivity index (χ2v) is 3.96. The topological polar surface area (TPSA) is 95.2 Å². The SMILES string of the molecule is Nc1ccc(F)c([N+](=O)[O-])c1.Nc1cccc(Cl)c1. The molecule has 5 nitrogen and oxygen atoms in total. The van der Waals surface area contributed by atoms with Gasteiger partial charge in [0.05, 0.1) is 4.92 Å². The highest BCUT2D eigenvalue weighted by molar-refractivity contribution is 6.30. The van der Waals surface area contributed by atoms with E-state index in [0.717, 1.165) is 12.1 Å². The van der Waals surface area contributed by atoms with Gasteiger partial charge in [-0.15, -0.1) is 0 Å².